The highest BCUT2D eigenvalue weighted by Gasteiger charge is 2.49. The Morgan fingerprint density at radius 3 is 2.31 bits per heavy atom. The molecule has 76 valence electrons. The van der Waals surface area contributed by atoms with Crippen molar-refractivity contribution < 1.29 is 9.84 Å². The summed E-state index contributed by atoms with van der Waals surface area (Å²) >= 11 is 0. The van der Waals surface area contributed by atoms with E-state index >= 15 is 0 Å². The number of hydrogen-bond donors (Lipinski definition) is 1. The minimum atomic E-state index is -0.0916. The zero-order valence-electron chi connectivity index (χ0n) is 8.79. The second kappa shape index (κ2) is 2.96. The van der Waals surface area contributed by atoms with Crippen molar-refractivity contribution in [2.45, 2.75) is 57.8 Å². The SMILES string of the molecule is CC(C)(C)O[C@H]1[C@H]2CC[C@@H]1[C@H](O)C2. The maximum absolute atomic E-state index is 9.71. The lowest BCUT2D eigenvalue weighted by atomic mass is 9.98. The molecule has 0 aliphatic heterocycles. The minimum absolute atomic E-state index is 0.0600. The third-order valence-corrected chi connectivity index (χ3v) is 3.29. The van der Waals surface area contributed by atoms with Crippen molar-refractivity contribution in [1.82, 2.24) is 0 Å². The van der Waals surface area contributed by atoms with E-state index in [2.05, 4.69) is 20.8 Å². The third-order valence-electron chi connectivity index (χ3n) is 3.29. The summed E-state index contributed by atoms with van der Waals surface area (Å²) in [5.74, 6) is 1.04. The van der Waals surface area contributed by atoms with E-state index in [9.17, 15) is 5.11 Å². The van der Waals surface area contributed by atoms with Crippen molar-refractivity contribution in [3.8, 4) is 0 Å². The molecule has 2 fully saturated rings. The second-order valence-corrected chi connectivity index (χ2v) is 5.50. The Kier molecular flexibility index (Phi) is 2.16. The molecule has 0 heterocycles. The minimum Gasteiger partial charge on any atom is -0.393 e. The summed E-state index contributed by atoms with van der Waals surface area (Å²) in [6.07, 6.45) is 3.61. The highest BCUT2D eigenvalue weighted by atomic mass is 16.5. The third kappa shape index (κ3) is 1.75. The Morgan fingerprint density at radius 2 is 1.92 bits per heavy atom. The predicted octanol–water partition coefficient (Wildman–Crippen LogP) is 1.96. The molecule has 0 saturated heterocycles. The van der Waals surface area contributed by atoms with Gasteiger partial charge < -0.3 is 9.84 Å². The highest BCUT2D eigenvalue weighted by molar-refractivity contribution is 4.98. The van der Waals surface area contributed by atoms with Crippen molar-refractivity contribution in [1.29, 1.82) is 0 Å². The van der Waals surface area contributed by atoms with Crippen LogP contribution >= 0.6 is 0 Å². The molecule has 0 aromatic rings. The van der Waals surface area contributed by atoms with Gasteiger partial charge in [-0.05, 0) is 46.0 Å². The number of hydrogen-bond acceptors (Lipinski definition) is 2. The van der Waals surface area contributed by atoms with Crippen LogP contribution in [0.15, 0.2) is 0 Å². The van der Waals surface area contributed by atoms with E-state index < -0.39 is 0 Å². The molecule has 2 bridgehead atoms. The van der Waals surface area contributed by atoms with Gasteiger partial charge in [0.05, 0.1) is 17.8 Å². The Labute approximate surface area is 80.3 Å². The van der Waals surface area contributed by atoms with Crippen LogP contribution in [0.5, 0.6) is 0 Å². The maximum Gasteiger partial charge on any atom is 0.0664 e. The molecule has 0 radical (unpaired) electrons. The zero-order chi connectivity index (χ0) is 9.64. The summed E-state index contributed by atoms with van der Waals surface area (Å²) in [6, 6.07) is 0. The van der Waals surface area contributed by atoms with E-state index in [1.807, 2.05) is 0 Å². The van der Waals surface area contributed by atoms with Crippen LogP contribution in [0.1, 0.15) is 40.0 Å². The van der Waals surface area contributed by atoms with Gasteiger partial charge in [0.1, 0.15) is 0 Å². The normalized spacial score (nSPS) is 44.3. The van der Waals surface area contributed by atoms with Gasteiger partial charge in [-0.2, -0.15) is 0 Å². The van der Waals surface area contributed by atoms with Crippen LogP contribution in [-0.4, -0.2) is 22.9 Å². The van der Waals surface area contributed by atoms with Gasteiger partial charge in [-0.15, -0.1) is 0 Å². The first kappa shape index (κ1) is 9.47. The Morgan fingerprint density at radius 1 is 1.23 bits per heavy atom. The quantitative estimate of drug-likeness (QED) is 0.675. The highest BCUT2D eigenvalue weighted by Crippen LogP contribution is 2.47. The summed E-state index contributed by atoms with van der Waals surface area (Å²) in [5, 5.41) is 9.71. The van der Waals surface area contributed by atoms with Crippen LogP contribution in [0, 0.1) is 11.8 Å². The van der Waals surface area contributed by atoms with Crippen LogP contribution in [0.25, 0.3) is 0 Å². The average molecular weight is 184 g/mol. The first-order valence-electron chi connectivity index (χ1n) is 5.33. The fourth-order valence-corrected chi connectivity index (χ4v) is 2.82. The monoisotopic (exact) mass is 184 g/mol. The summed E-state index contributed by atoms with van der Waals surface area (Å²) in [6.45, 7) is 6.28. The first-order valence-corrected chi connectivity index (χ1v) is 5.33. The molecule has 1 N–H and O–H groups in total. The first-order chi connectivity index (χ1) is 5.97. The number of aliphatic hydroxyl groups is 1. The standard InChI is InChI=1S/C11H20O2/c1-11(2,3)13-10-7-4-5-8(10)9(12)6-7/h7-10,12H,4-6H2,1-3H3/t7-,8+,9+,10-/m0/s1. The van der Waals surface area contributed by atoms with Gasteiger partial charge in [-0.3, -0.25) is 0 Å². The molecular weight excluding hydrogens is 164 g/mol. The van der Waals surface area contributed by atoms with E-state index in [-0.39, 0.29) is 11.7 Å². The largest absolute Gasteiger partial charge is 0.393 e. The van der Waals surface area contributed by atoms with Gasteiger partial charge in [-0.1, -0.05) is 0 Å². The molecule has 0 aromatic carbocycles. The Bertz CT molecular complexity index is 195. The summed E-state index contributed by atoms with van der Waals surface area (Å²) in [7, 11) is 0. The van der Waals surface area contributed by atoms with Gasteiger partial charge in [-0.25, -0.2) is 0 Å². The van der Waals surface area contributed by atoms with Crippen molar-refractivity contribution in [3.63, 3.8) is 0 Å². The van der Waals surface area contributed by atoms with E-state index in [4.69, 9.17) is 4.74 Å². The lowest BCUT2D eigenvalue weighted by Gasteiger charge is -2.27. The predicted molar refractivity (Wildman–Crippen MR) is 51.5 cm³/mol. The van der Waals surface area contributed by atoms with Gasteiger partial charge in [0.15, 0.2) is 0 Å². The molecule has 0 amide bonds. The molecular formula is C11H20O2. The zero-order valence-corrected chi connectivity index (χ0v) is 8.79. The van der Waals surface area contributed by atoms with Gasteiger partial charge >= 0.3 is 0 Å². The smallest absolute Gasteiger partial charge is 0.0664 e. The summed E-state index contributed by atoms with van der Waals surface area (Å²) in [4.78, 5) is 0. The average Bonchev–Trinajstić information content (AvgIpc) is 2.42. The van der Waals surface area contributed by atoms with Crippen molar-refractivity contribution in [2.24, 2.45) is 11.8 Å². The van der Waals surface area contributed by atoms with Crippen LogP contribution < -0.4 is 0 Å². The van der Waals surface area contributed by atoms with Crippen molar-refractivity contribution in [3.05, 3.63) is 0 Å². The molecule has 2 aliphatic rings. The molecule has 2 rings (SSSR count). The van der Waals surface area contributed by atoms with Gasteiger partial charge in [0, 0.05) is 5.92 Å². The molecule has 2 saturated carbocycles. The Hall–Kier alpha value is -0.0800. The molecule has 0 spiro atoms. The number of ether oxygens (including phenoxy) is 1. The molecule has 2 heteroatoms. The molecule has 2 aliphatic carbocycles. The summed E-state index contributed by atoms with van der Waals surface area (Å²) in [5.41, 5.74) is -0.0600. The van der Waals surface area contributed by atoms with Crippen LogP contribution in [0.3, 0.4) is 0 Å². The fourth-order valence-electron chi connectivity index (χ4n) is 2.82. The van der Waals surface area contributed by atoms with Gasteiger partial charge in [0.25, 0.3) is 0 Å². The number of rotatable bonds is 1. The Balaban J connectivity index is 2.02. The fraction of sp³-hybridized carbons (Fsp3) is 1.00. The number of aliphatic hydroxyl groups excluding tert-OH is 1. The van der Waals surface area contributed by atoms with E-state index in [0.717, 1.165) is 12.8 Å². The van der Waals surface area contributed by atoms with E-state index in [0.29, 0.717) is 17.9 Å². The second-order valence-electron chi connectivity index (χ2n) is 5.50. The van der Waals surface area contributed by atoms with Crippen LogP contribution in [0.2, 0.25) is 0 Å². The lowest BCUT2D eigenvalue weighted by molar-refractivity contribution is -0.0850. The van der Waals surface area contributed by atoms with Crippen LogP contribution in [0.4, 0.5) is 0 Å². The maximum atomic E-state index is 9.71. The van der Waals surface area contributed by atoms with Crippen LogP contribution in [-0.2, 0) is 4.74 Å². The van der Waals surface area contributed by atoms with E-state index in [1.54, 1.807) is 0 Å². The summed E-state index contributed by atoms with van der Waals surface area (Å²) < 4.78 is 6.00. The molecule has 0 aromatic heterocycles. The number of fused-ring (bicyclic) bond motifs is 2. The lowest BCUT2D eigenvalue weighted by Crippen LogP contribution is -2.31. The molecule has 2 nitrogen and oxygen atoms in total. The van der Waals surface area contributed by atoms with Gasteiger partial charge in [0.2, 0.25) is 0 Å². The molecule has 0 unspecified atom stereocenters. The molecule has 13 heavy (non-hydrogen) atoms. The van der Waals surface area contributed by atoms with E-state index in [1.165, 1.54) is 6.42 Å². The molecule has 4 atom stereocenters. The van der Waals surface area contributed by atoms with Crippen molar-refractivity contribution >= 4 is 0 Å². The van der Waals surface area contributed by atoms with Crippen molar-refractivity contribution in [2.75, 3.05) is 0 Å². The topological polar surface area (TPSA) is 29.5 Å².